The van der Waals surface area contributed by atoms with Crippen LogP contribution in [0.25, 0.3) is 5.53 Å². The number of aryl methyl sites for hydroxylation is 2. The molecule has 8 nitrogen and oxygen atoms in total. The summed E-state index contributed by atoms with van der Waals surface area (Å²) in [4.78, 5) is 26.8. The predicted octanol–water partition coefficient (Wildman–Crippen LogP) is 1.62. The van der Waals surface area contributed by atoms with Crippen LogP contribution in [0.1, 0.15) is 23.1 Å². The first kappa shape index (κ1) is 21.0. The van der Waals surface area contributed by atoms with Gasteiger partial charge in [0.05, 0.1) is 17.6 Å². The summed E-state index contributed by atoms with van der Waals surface area (Å²) in [5.41, 5.74) is 10.5. The highest BCUT2D eigenvalue weighted by Crippen LogP contribution is 2.14. The minimum Gasteiger partial charge on any atom is -0.460 e. The molecule has 0 unspecified atom stereocenters. The number of rotatable bonds is 7. The number of nitrogens with one attached hydrogen (secondary N) is 1. The van der Waals surface area contributed by atoms with E-state index in [1.165, 1.54) is 12.1 Å². The van der Waals surface area contributed by atoms with Crippen LogP contribution in [0.2, 0.25) is 0 Å². The van der Waals surface area contributed by atoms with E-state index < -0.39 is 21.9 Å². The smallest absolute Gasteiger partial charge is 0.422 e. The Bertz CT molecular complexity index is 1040. The van der Waals surface area contributed by atoms with Gasteiger partial charge >= 0.3 is 11.7 Å². The van der Waals surface area contributed by atoms with Crippen molar-refractivity contribution in [1.82, 2.24) is 4.72 Å². The van der Waals surface area contributed by atoms with Crippen LogP contribution in [-0.4, -0.2) is 37.9 Å². The molecule has 0 bridgehead atoms. The highest BCUT2D eigenvalue weighted by Gasteiger charge is 2.26. The Hall–Kier alpha value is -3.29. The van der Waals surface area contributed by atoms with Crippen LogP contribution in [0, 0.1) is 6.92 Å². The first-order valence-electron chi connectivity index (χ1n) is 8.29. The van der Waals surface area contributed by atoms with Crippen LogP contribution in [0.15, 0.2) is 53.4 Å². The molecular weight excluding hydrogens is 382 g/mol. The van der Waals surface area contributed by atoms with Gasteiger partial charge in [-0.05, 0) is 37.1 Å². The van der Waals surface area contributed by atoms with Crippen molar-refractivity contribution in [1.29, 1.82) is 0 Å². The number of hydrogen-bond donors (Lipinski definition) is 1. The summed E-state index contributed by atoms with van der Waals surface area (Å²) in [5.74, 6) is -1.53. The minimum absolute atomic E-state index is 0.00718. The second-order valence-electron chi connectivity index (χ2n) is 5.94. The number of nitrogens with zero attached hydrogens (tertiary/aromatic N) is 2. The molecule has 0 aliphatic rings. The van der Waals surface area contributed by atoms with Gasteiger partial charge in [0.25, 0.3) is 10.0 Å². The van der Waals surface area contributed by atoms with E-state index in [1.807, 2.05) is 11.6 Å². The molecule has 0 saturated heterocycles. The average Bonchev–Trinajstić information content (AvgIpc) is 2.67. The highest BCUT2D eigenvalue weighted by atomic mass is 32.2. The van der Waals surface area contributed by atoms with E-state index in [0.29, 0.717) is 11.1 Å². The Kier molecular flexibility index (Phi) is 6.81. The van der Waals surface area contributed by atoms with Gasteiger partial charge in [0, 0.05) is 6.42 Å². The maximum absolute atomic E-state index is 12.3. The van der Waals surface area contributed by atoms with Crippen molar-refractivity contribution in [3.63, 3.8) is 0 Å². The molecule has 0 atom stereocenters. The van der Waals surface area contributed by atoms with Crippen molar-refractivity contribution in [2.24, 2.45) is 0 Å². The fourth-order valence-electron chi connectivity index (χ4n) is 2.50. The number of ether oxygens (including phenoxy) is 1. The second kappa shape index (κ2) is 9.07. The van der Waals surface area contributed by atoms with Crippen LogP contribution < -0.4 is 4.72 Å². The number of carbonyl (C=O) groups excluding carboxylic acids is 2. The molecule has 0 saturated carbocycles. The first-order valence-corrected chi connectivity index (χ1v) is 9.77. The van der Waals surface area contributed by atoms with Crippen molar-refractivity contribution >= 4 is 27.6 Å². The molecule has 28 heavy (non-hydrogen) atoms. The minimum atomic E-state index is -3.97. The second-order valence-corrected chi connectivity index (χ2v) is 7.62. The lowest BCUT2D eigenvalue weighted by atomic mass is 9.99. The quantitative estimate of drug-likeness (QED) is 0.327. The van der Waals surface area contributed by atoms with E-state index in [-0.39, 0.29) is 23.4 Å². The van der Waals surface area contributed by atoms with E-state index in [9.17, 15) is 18.0 Å². The van der Waals surface area contributed by atoms with Gasteiger partial charge < -0.3 is 10.3 Å². The maximum Gasteiger partial charge on any atom is 0.422 e. The average molecular weight is 401 g/mol. The van der Waals surface area contributed by atoms with Gasteiger partial charge in [-0.2, -0.15) is 4.79 Å². The number of carbonyl (C=O) groups is 2. The molecule has 0 aliphatic carbocycles. The van der Waals surface area contributed by atoms with Gasteiger partial charge in [0.1, 0.15) is 0 Å². The van der Waals surface area contributed by atoms with Crippen LogP contribution in [-0.2, 0) is 30.8 Å². The zero-order valence-electron chi connectivity index (χ0n) is 15.4. The molecule has 1 amide bonds. The summed E-state index contributed by atoms with van der Waals surface area (Å²) >= 11 is 0. The fraction of sp³-hybridized carbons (Fsp3) is 0.211. The molecule has 1 N–H and O–H groups in total. The van der Waals surface area contributed by atoms with Crippen molar-refractivity contribution < 1.29 is 27.5 Å². The van der Waals surface area contributed by atoms with Gasteiger partial charge in [0.2, 0.25) is 5.91 Å². The van der Waals surface area contributed by atoms with Crippen molar-refractivity contribution in [2.75, 3.05) is 7.11 Å². The highest BCUT2D eigenvalue weighted by molar-refractivity contribution is 7.90. The monoisotopic (exact) mass is 401 g/mol. The van der Waals surface area contributed by atoms with Crippen LogP contribution in [0.5, 0.6) is 0 Å². The van der Waals surface area contributed by atoms with E-state index >= 15 is 0 Å². The summed E-state index contributed by atoms with van der Waals surface area (Å²) in [6, 6.07) is 12.6. The summed E-state index contributed by atoms with van der Waals surface area (Å²) < 4.78 is 31.1. The maximum atomic E-state index is 12.3. The molecule has 146 valence electrons. The van der Waals surface area contributed by atoms with E-state index in [4.69, 9.17) is 5.53 Å². The molecule has 9 heteroatoms. The largest absolute Gasteiger partial charge is 0.460 e. The lowest BCUT2D eigenvalue weighted by Gasteiger charge is -2.08. The molecule has 0 aromatic heterocycles. The normalized spacial score (nSPS) is 10.6. The van der Waals surface area contributed by atoms with Gasteiger partial charge in [0.15, 0.2) is 0 Å². The van der Waals surface area contributed by atoms with Crippen molar-refractivity contribution in [3.05, 3.63) is 70.8 Å². The summed E-state index contributed by atoms with van der Waals surface area (Å²) in [7, 11) is -2.81. The Morgan fingerprint density at radius 3 is 2.36 bits per heavy atom. The van der Waals surface area contributed by atoms with E-state index in [0.717, 1.165) is 12.7 Å². The van der Waals surface area contributed by atoms with Gasteiger partial charge in [-0.1, -0.05) is 35.9 Å². The molecular formula is C19H19N3O5S. The summed E-state index contributed by atoms with van der Waals surface area (Å²) in [6.07, 6.45) is -0.0244. The predicted molar refractivity (Wildman–Crippen MR) is 101 cm³/mol. The molecule has 0 spiro atoms. The van der Waals surface area contributed by atoms with Crippen molar-refractivity contribution in [3.8, 4) is 0 Å². The topological polar surface area (TPSA) is 126 Å². The molecule has 0 fully saturated rings. The first-order chi connectivity index (χ1) is 13.3. The number of esters is 1. The lowest BCUT2D eigenvalue weighted by Crippen LogP contribution is -2.31. The van der Waals surface area contributed by atoms with Crippen molar-refractivity contribution in [2.45, 2.75) is 24.7 Å². The summed E-state index contributed by atoms with van der Waals surface area (Å²) in [5, 5.41) is 0. The van der Waals surface area contributed by atoms with E-state index in [2.05, 4.69) is 9.53 Å². The lowest BCUT2D eigenvalue weighted by molar-refractivity contribution is -0.137. The SMILES string of the molecule is COC(=O)C(=[N+]=[N-])c1ccccc1CCC(=O)NS(=O)(=O)c1ccc(C)cc1. The van der Waals surface area contributed by atoms with E-state index in [1.54, 1.807) is 36.4 Å². The molecule has 2 aromatic rings. The summed E-state index contributed by atoms with van der Waals surface area (Å²) in [6.45, 7) is 1.82. The van der Waals surface area contributed by atoms with Crippen LogP contribution in [0.3, 0.4) is 0 Å². The van der Waals surface area contributed by atoms with Gasteiger partial charge in [-0.25, -0.2) is 17.9 Å². The van der Waals surface area contributed by atoms with Crippen LogP contribution >= 0.6 is 0 Å². The molecule has 0 aliphatic heterocycles. The zero-order valence-corrected chi connectivity index (χ0v) is 16.2. The molecule has 0 heterocycles. The number of sulfonamides is 1. The standard InChI is InChI=1S/C19H19N3O5S/c1-13-7-10-15(11-8-13)28(25,26)22-17(23)12-9-14-5-3-4-6-16(14)18(21-20)19(24)27-2/h3-8,10-11H,9,12H2,1-2H3,(H,22,23). The third kappa shape index (κ3) is 5.12. The Labute approximate surface area is 162 Å². The number of benzene rings is 2. The fourth-order valence-corrected chi connectivity index (χ4v) is 3.51. The third-order valence-corrected chi connectivity index (χ3v) is 5.34. The van der Waals surface area contributed by atoms with Gasteiger partial charge in [-0.3, -0.25) is 4.79 Å². The molecule has 2 rings (SSSR count). The van der Waals surface area contributed by atoms with Gasteiger partial charge in [-0.15, -0.1) is 0 Å². The van der Waals surface area contributed by atoms with Crippen LogP contribution in [0.4, 0.5) is 0 Å². The molecule has 0 radical (unpaired) electrons. The number of hydrogen-bond acceptors (Lipinski definition) is 5. The third-order valence-electron chi connectivity index (χ3n) is 3.95. The zero-order chi connectivity index (χ0) is 20.7. The Morgan fingerprint density at radius 2 is 1.75 bits per heavy atom. The number of methoxy groups -OCH3 is 1. The Balaban J connectivity index is 2.12. The number of amides is 1. The Morgan fingerprint density at radius 1 is 1.11 bits per heavy atom. The molecule has 2 aromatic carbocycles.